The van der Waals surface area contributed by atoms with Gasteiger partial charge in [0.2, 0.25) is 0 Å². The first-order valence-electron chi connectivity index (χ1n) is 10.3. The van der Waals surface area contributed by atoms with Gasteiger partial charge in [-0.25, -0.2) is 0 Å². The van der Waals surface area contributed by atoms with Crippen LogP contribution in [0, 0.1) is 6.92 Å². The molecular formula is C18H6F24O3S. The number of rotatable bonds is 4. The summed E-state index contributed by atoms with van der Waals surface area (Å²) in [6.07, 6.45) is -65.8. The fraction of sp³-hybridized carbons (Fsp3) is 0.667. The topological polar surface area (TPSA) is 27.7 Å². The van der Waals surface area contributed by atoms with Crippen molar-refractivity contribution in [3.63, 3.8) is 0 Å². The zero-order valence-corrected chi connectivity index (χ0v) is 21.3. The molecule has 2 rings (SSSR count). The first kappa shape index (κ1) is 39.9. The van der Waals surface area contributed by atoms with E-state index in [-0.39, 0.29) is 6.07 Å². The molecule has 0 fully saturated rings. The van der Waals surface area contributed by atoms with Gasteiger partial charge in [-0.1, -0.05) is 17.7 Å². The summed E-state index contributed by atoms with van der Waals surface area (Å²) in [4.78, 5) is -3.36. The molecule has 0 N–H and O–H groups in total. The minimum absolute atomic E-state index is 0.188. The van der Waals surface area contributed by atoms with Crippen molar-refractivity contribution < 1.29 is 118 Å². The van der Waals surface area contributed by atoms with Gasteiger partial charge in [0, 0.05) is 5.56 Å². The molecule has 0 atom stereocenters. The largest absolute Gasteiger partial charge is 0.437 e. The lowest BCUT2D eigenvalue weighted by Crippen LogP contribution is -2.70. The Bertz CT molecular complexity index is 1150. The fourth-order valence-electron chi connectivity index (χ4n) is 3.67. The summed E-state index contributed by atoms with van der Waals surface area (Å²) < 4.78 is 338. The second-order valence-corrected chi connectivity index (χ2v) is 10.6. The molecule has 1 heterocycles. The predicted octanol–water partition coefficient (Wildman–Crippen LogP) is 10.1. The maximum atomic E-state index is 14.1. The smallest absolute Gasteiger partial charge is 0.257 e. The quantitative estimate of drug-likeness (QED) is 0.286. The zero-order chi connectivity index (χ0) is 37.0. The van der Waals surface area contributed by atoms with Crippen molar-refractivity contribution in [2.75, 3.05) is 0 Å². The molecule has 0 amide bonds. The highest BCUT2D eigenvalue weighted by atomic mass is 32.3. The lowest BCUT2D eigenvalue weighted by atomic mass is 9.91. The third-order valence-electron chi connectivity index (χ3n) is 5.68. The molecule has 0 spiro atoms. The van der Waals surface area contributed by atoms with Crippen LogP contribution in [-0.2, 0) is 18.2 Å². The van der Waals surface area contributed by atoms with Gasteiger partial charge in [-0.15, -0.1) is 0 Å². The molecule has 1 aliphatic heterocycles. The van der Waals surface area contributed by atoms with Crippen LogP contribution in [0.2, 0.25) is 0 Å². The molecule has 3 nitrogen and oxygen atoms in total. The fourth-order valence-corrected chi connectivity index (χ4v) is 6.58. The number of fused-ring (bicyclic) bond motifs is 1. The van der Waals surface area contributed by atoms with Gasteiger partial charge in [-0.2, -0.15) is 105 Å². The highest BCUT2D eigenvalue weighted by Gasteiger charge is 2.93. The van der Waals surface area contributed by atoms with Crippen LogP contribution in [0.1, 0.15) is 11.1 Å². The summed E-state index contributed by atoms with van der Waals surface area (Å²) in [5, 5.41) is 0. The van der Waals surface area contributed by atoms with Gasteiger partial charge >= 0.3 is 66.2 Å². The molecule has 0 saturated heterocycles. The average molecular weight is 758 g/mol. The van der Waals surface area contributed by atoms with Crippen molar-refractivity contribution in [1.29, 1.82) is 0 Å². The van der Waals surface area contributed by atoms with Crippen molar-refractivity contribution in [2.45, 2.75) is 78.0 Å². The summed E-state index contributed by atoms with van der Waals surface area (Å²) in [6.45, 7) is 0.381. The lowest BCUT2D eigenvalue weighted by Gasteiger charge is -2.50. The number of hydrogen-bond donors (Lipinski definition) is 0. The number of aryl methyl sites for hydroxylation is 1. The SMILES string of the molecule is Cc1ccc2c(c1)C(C(F)(F)F)(C(F)(F)F)OS2(OC(C(F)(F)F)(C(F)(F)F)C(F)(F)F)OC(C(F)(F)F)(C(F)(F)F)C(F)(F)F. The Hall–Kier alpha value is -2.23. The third-order valence-corrected chi connectivity index (χ3v) is 7.98. The van der Waals surface area contributed by atoms with E-state index in [1.54, 1.807) is 0 Å². The van der Waals surface area contributed by atoms with E-state index in [4.69, 9.17) is 0 Å². The van der Waals surface area contributed by atoms with Crippen LogP contribution < -0.4 is 0 Å². The van der Waals surface area contributed by atoms with Crippen LogP contribution in [0.15, 0.2) is 23.1 Å². The van der Waals surface area contributed by atoms with Crippen LogP contribution in [-0.4, -0.2) is 60.6 Å². The lowest BCUT2D eigenvalue weighted by molar-refractivity contribution is -0.451. The Morgan fingerprint density at radius 3 is 1.02 bits per heavy atom. The molecule has 1 aromatic carbocycles. The number of alkyl halides is 24. The van der Waals surface area contributed by atoms with Crippen molar-refractivity contribution in [2.24, 2.45) is 0 Å². The highest BCUT2D eigenvalue weighted by Crippen LogP contribution is 2.81. The van der Waals surface area contributed by atoms with Gasteiger partial charge in [0.15, 0.2) is 0 Å². The van der Waals surface area contributed by atoms with Gasteiger partial charge in [-0.05, 0) is 13.0 Å². The van der Waals surface area contributed by atoms with Crippen LogP contribution in [0.5, 0.6) is 0 Å². The molecule has 28 heteroatoms. The normalized spacial score (nSPS) is 19.7. The van der Waals surface area contributed by atoms with Crippen molar-refractivity contribution >= 4 is 10.9 Å². The molecule has 46 heavy (non-hydrogen) atoms. The van der Waals surface area contributed by atoms with Crippen molar-refractivity contribution in [3.05, 3.63) is 29.3 Å². The van der Waals surface area contributed by atoms with E-state index < -0.39 is 105 Å². The van der Waals surface area contributed by atoms with Crippen LogP contribution in [0.25, 0.3) is 0 Å². The summed E-state index contributed by atoms with van der Waals surface area (Å²) in [7, 11) is -8.69. The average Bonchev–Trinajstić information content (AvgIpc) is 3.01. The van der Waals surface area contributed by atoms with Gasteiger partial charge < -0.3 is 0 Å². The first-order valence-corrected chi connectivity index (χ1v) is 11.7. The Morgan fingerprint density at radius 2 is 0.783 bits per heavy atom. The zero-order valence-electron chi connectivity index (χ0n) is 20.4. The van der Waals surface area contributed by atoms with Crippen molar-refractivity contribution in [1.82, 2.24) is 0 Å². The highest BCUT2D eigenvalue weighted by molar-refractivity contribution is 8.22. The third kappa shape index (κ3) is 5.46. The van der Waals surface area contributed by atoms with E-state index in [0.29, 0.717) is 6.92 Å². The maximum Gasteiger partial charge on any atom is 0.437 e. The van der Waals surface area contributed by atoms with Gasteiger partial charge in [0.25, 0.3) is 0 Å². The molecule has 270 valence electrons. The van der Waals surface area contributed by atoms with Crippen LogP contribution >= 0.6 is 10.9 Å². The summed E-state index contributed by atoms with van der Waals surface area (Å²) >= 11 is 0. The van der Waals surface area contributed by atoms with E-state index >= 15 is 0 Å². The van der Waals surface area contributed by atoms with E-state index in [0.717, 1.165) is 0 Å². The molecule has 0 saturated carbocycles. The molecule has 0 aromatic heterocycles. The maximum absolute atomic E-state index is 14.1. The van der Waals surface area contributed by atoms with Gasteiger partial charge in [-0.3, -0.25) is 12.5 Å². The summed E-state index contributed by atoms with van der Waals surface area (Å²) in [5.74, 6) is 0. The molecule has 1 aromatic rings. The Balaban J connectivity index is 3.48. The summed E-state index contributed by atoms with van der Waals surface area (Å²) in [6, 6.07) is -1.86. The first-order chi connectivity index (χ1) is 19.7. The number of hydrogen-bond acceptors (Lipinski definition) is 3. The Kier molecular flexibility index (Phi) is 9.02. The standard InChI is InChI=1S/C18H6F24O3S/c1-5-2-3-7-6(4-5)8(11(19,20)21,12(22,23)24)43-46(7,44-9(13(25,26)27,14(28,29)30)15(31,32)33)45-10(16(34,35)36,17(37,38)39)18(40,41)42/h2-4H,1H3. The number of benzene rings is 1. The van der Waals surface area contributed by atoms with E-state index in [1.165, 1.54) is 0 Å². The van der Waals surface area contributed by atoms with Crippen LogP contribution in [0.4, 0.5) is 105 Å². The molecule has 1 aliphatic rings. The Labute approximate surface area is 237 Å². The molecular weight excluding hydrogens is 752 g/mol. The molecule has 0 unspecified atom stereocenters. The molecule has 0 aliphatic carbocycles. The monoisotopic (exact) mass is 758 g/mol. The minimum Gasteiger partial charge on any atom is -0.257 e. The molecule has 0 radical (unpaired) electrons. The molecule has 0 bridgehead atoms. The predicted molar refractivity (Wildman–Crippen MR) is 95.9 cm³/mol. The van der Waals surface area contributed by atoms with E-state index in [1.807, 2.05) is 0 Å². The van der Waals surface area contributed by atoms with E-state index in [2.05, 4.69) is 12.5 Å². The Morgan fingerprint density at radius 1 is 0.500 bits per heavy atom. The van der Waals surface area contributed by atoms with Crippen LogP contribution in [0.3, 0.4) is 0 Å². The second kappa shape index (κ2) is 10.4. The minimum atomic E-state index is -8.69. The van der Waals surface area contributed by atoms with Gasteiger partial charge in [0.05, 0.1) is 4.90 Å². The van der Waals surface area contributed by atoms with Crippen molar-refractivity contribution in [3.8, 4) is 0 Å². The van der Waals surface area contributed by atoms with E-state index in [9.17, 15) is 105 Å². The van der Waals surface area contributed by atoms with Gasteiger partial charge in [0.1, 0.15) is 10.9 Å². The summed E-state index contributed by atoms with van der Waals surface area (Å²) in [5.41, 5.74) is -28.3. The number of halogens is 24. The second-order valence-electron chi connectivity index (χ2n) is 8.73.